The predicted molar refractivity (Wildman–Crippen MR) is 99.9 cm³/mol. The molecule has 4 nitrogen and oxygen atoms in total. The van der Waals surface area contributed by atoms with Gasteiger partial charge >= 0.3 is 6.09 Å². The van der Waals surface area contributed by atoms with E-state index in [1.807, 2.05) is 32.9 Å². The van der Waals surface area contributed by atoms with Gasteiger partial charge < -0.3 is 15.0 Å². The molecule has 1 amide bonds. The second-order valence-electron chi connectivity index (χ2n) is 7.13. The maximum atomic E-state index is 12.1. The Kier molecular flexibility index (Phi) is 5.04. The summed E-state index contributed by atoms with van der Waals surface area (Å²) in [6.45, 7) is 7.80. The molecular weight excluding hydrogens is 344 g/mol. The van der Waals surface area contributed by atoms with E-state index in [2.05, 4.69) is 17.4 Å². The quantitative estimate of drug-likeness (QED) is 0.859. The number of nitrogens with one attached hydrogen (secondary N) is 1. The normalized spacial score (nSPS) is 18.3. The molecule has 1 aliphatic rings. The van der Waals surface area contributed by atoms with Crippen LogP contribution < -0.4 is 5.32 Å². The van der Waals surface area contributed by atoms with Gasteiger partial charge in [0.15, 0.2) is 0 Å². The zero-order chi connectivity index (χ0) is 17.3. The second-order valence-corrected chi connectivity index (χ2v) is 8.64. The van der Waals surface area contributed by atoms with Crippen molar-refractivity contribution in [2.45, 2.75) is 45.4 Å². The van der Waals surface area contributed by atoms with E-state index in [1.54, 1.807) is 16.2 Å². The van der Waals surface area contributed by atoms with Crippen LogP contribution in [0.3, 0.4) is 0 Å². The molecule has 0 saturated carbocycles. The standard InChI is InChI=1S/C18H23ClN2O2S/c1-18(2,3)23-17(22)21-9-8-12(11-21)20-10-15-16(19)13-6-4-5-7-14(13)24-15/h4-7,12,20H,8-11H2,1-3H3. The highest BCUT2D eigenvalue weighted by Gasteiger charge is 2.29. The van der Waals surface area contributed by atoms with Gasteiger partial charge in [0.05, 0.1) is 5.02 Å². The van der Waals surface area contributed by atoms with E-state index in [1.165, 1.54) is 4.70 Å². The maximum absolute atomic E-state index is 12.1. The minimum absolute atomic E-state index is 0.230. The minimum Gasteiger partial charge on any atom is -0.444 e. The molecule has 1 saturated heterocycles. The number of thiophene rings is 1. The van der Waals surface area contributed by atoms with Crippen molar-refractivity contribution in [2.24, 2.45) is 0 Å². The average molecular weight is 367 g/mol. The monoisotopic (exact) mass is 366 g/mol. The van der Waals surface area contributed by atoms with Crippen LogP contribution in [0.5, 0.6) is 0 Å². The van der Waals surface area contributed by atoms with Crippen molar-refractivity contribution >= 4 is 39.1 Å². The number of fused-ring (bicyclic) bond motifs is 1. The zero-order valence-corrected chi connectivity index (χ0v) is 15.8. The van der Waals surface area contributed by atoms with Crippen molar-refractivity contribution < 1.29 is 9.53 Å². The molecular formula is C18H23ClN2O2S. The van der Waals surface area contributed by atoms with E-state index in [0.717, 1.165) is 34.8 Å². The van der Waals surface area contributed by atoms with Crippen molar-refractivity contribution in [1.82, 2.24) is 10.2 Å². The highest BCUT2D eigenvalue weighted by atomic mass is 35.5. The first-order chi connectivity index (χ1) is 11.3. The maximum Gasteiger partial charge on any atom is 0.410 e. The number of amides is 1. The third-order valence-electron chi connectivity index (χ3n) is 3.99. The van der Waals surface area contributed by atoms with E-state index in [9.17, 15) is 4.79 Å². The van der Waals surface area contributed by atoms with Gasteiger partial charge in [-0.25, -0.2) is 4.79 Å². The lowest BCUT2D eigenvalue weighted by molar-refractivity contribution is 0.0291. The average Bonchev–Trinajstić information content (AvgIpc) is 3.09. The van der Waals surface area contributed by atoms with Gasteiger partial charge in [0.1, 0.15) is 5.60 Å². The van der Waals surface area contributed by atoms with Crippen LogP contribution in [0.4, 0.5) is 4.79 Å². The summed E-state index contributed by atoms with van der Waals surface area (Å²) in [6.07, 6.45) is 0.702. The smallest absolute Gasteiger partial charge is 0.410 e. The van der Waals surface area contributed by atoms with Gasteiger partial charge in [-0.3, -0.25) is 0 Å². The Morgan fingerprint density at radius 3 is 2.88 bits per heavy atom. The fourth-order valence-electron chi connectivity index (χ4n) is 2.83. The highest BCUT2D eigenvalue weighted by molar-refractivity contribution is 7.19. The summed E-state index contributed by atoms with van der Waals surface area (Å²) >= 11 is 8.20. The van der Waals surface area contributed by atoms with Gasteiger partial charge in [-0.2, -0.15) is 0 Å². The molecule has 2 heterocycles. The topological polar surface area (TPSA) is 41.6 Å². The molecule has 130 valence electrons. The Hall–Kier alpha value is -1.30. The summed E-state index contributed by atoms with van der Waals surface area (Å²) < 4.78 is 6.64. The molecule has 1 aliphatic heterocycles. The first-order valence-electron chi connectivity index (χ1n) is 8.21. The number of benzene rings is 1. The predicted octanol–water partition coefficient (Wildman–Crippen LogP) is 4.65. The number of rotatable bonds is 3. The SMILES string of the molecule is CC(C)(C)OC(=O)N1CCC(NCc2sc3ccccc3c2Cl)C1. The Morgan fingerprint density at radius 2 is 2.17 bits per heavy atom. The van der Waals surface area contributed by atoms with Crippen LogP contribution in [0.2, 0.25) is 5.02 Å². The Morgan fingerprint density at radius 1 is 1.42 bits per heavy atom. The van der Waals surface area contributed by atoms with E-state index < -0.39 is 5.60 Å². The minimum atomic E-state index is -0.451. The highest BCUT2D eigenvalue weighted by Crippen LogP contribution is 2.35. The molecule has 1 fully saturated rings. The first-order valence-corrected chi connectivity index (χ1v) is 9.40. The molecule has 0 spiro atoms. The van der Waals surface area contributed by atoms with Gasteiger partial charge in [0.2, 0.25) is 0 Å². The lowest BCUT2D eigenvalue weighted by Gasteiger charge is -2.24. The molecule has 0 aliphatic carbocycles. The first kappa shape index (κ1) is 17.5. The number of nitrogens with zero attached hydrogens (tertiary/aromatic N) is 1. The molecule has 1 N–H and O–H groups in total. The number of ether oxygens (including phenoxy) is 1. The molecule has 1 aromatic carbocycles. The molecule has 2 aromatic rings. The fraction of sp³-hybridized carbons (Fsp3) is 0.500. The number of halogens is 1. The van der Waals surface area contributed by atoms with Crippen LogP contribution in [-0.2, 0) is 11.3 Å². The molecule has 0 bridgehead atoms. The van der Waals surface area contributed by atoms with Crippen LogP contribution >= 0.6 is 22.9 Å². The lowest BCUT2D eigenvalue weighted by Crippen LogP contribution is -2.38. The van der Waals surface area contributed by atoms with Crippen LogP contribution in [0.25, 0.3) is 10.1 Å². The second kappa shape index (κ2) is 6.90. The Bertz CT molecular complexity index is 738. The summed E-state index contributed by atoms with van der Waals surface area (Å²) in [5.41, 5.74) is -0.451. The molecule has 1 atom stereocenters. The van der Waals surface area contributed by atoms with Crippen molar-refractivity contribution in [2.75, 3.05) is 13.1 Å². The summed E-state index contributed by atoms with van der Waals surface area (Å²) in [5.74, 6) is 0. The van der Waals surface area contributed by atoms with Gasteiger partial charge in [0, 0.05) is 40.6 Å². The Labute approximate surface area is 151 Å². The van der Waals surface area contributed by atoms with Gasteiger partial charge in [-0.05, 0) is 33.3 Å². The molecule has 1 unspecified atom stereocenters. The number of hydrogen-bond donors (Lipinski definition) is 1. The number of carbonyl (C=O) groups excluding carboxylic acids is 1. The molecule has 24 heavy (non-hydrogen) atoms. The van der Waals surface area contributed by atoms with Crippen molar-refractivity contribution in [3.05, 3.63) is 34.2 Å². The van der Waals surface area contributed by atoms with Gasteiger partial charge in [0.25, 0.3) is 0 Å². The van der Waals surface area contributed by atoms with Crippen LogP contribution in [-0.4, -0.2) is 35.7 Å². The van der Waals surface area contributed by atoms with Crippen LogP contribution in [0.1, 0.15) is 32.1 Å². The molecule has 1 aromatic heterocycles. The number of likely N-dealkylation sites (tertiary alicyclic amines) is 1. The summed E-state index contributed by atoms with van der Waals surface area (Å²) in [5, 5.41) is 5.48. The number of carbonyl (C=O) groups is 1. The van der Waals surface area contributed by atoms with Crippen LogP contribution in [0, 0.1) is 0 Å². The third-order valence-corrected chi connectivity index (χ3v) is 5.71. The number of hydrogen-bond acceptors (Lipinski definition) is 4. The largest absolute Gasteiger partial charge is 0.444 e. The zero-order valence-electron chi connectivity index (χ0n) is 14.3. The lowest BCUT2D eigenvalue weighted by atomic mass is 10.2. The van der Waals surface area contributed by atoms with Gasteiger partial charge in [-0.15, -0.1) is 11.3 Å². The summed E-state index contributed by atoms with van der Waals surface area (Å²) in [6, 6.07) is 8.46. The Balaban J connectivity index is 1.56. The summed E-state index contributed by atoms with van der Waals surface area (Å²) in [7, 11) is 0. The van der Waals surface area contributed by atoms with E-state index >= 15 is 0 Å². The van der Waals surface area contributed by atoms with E-state index in [0.29, 0.717) is 6.54 Å². The van der Waals surface area contributed by atoms with E-state index in [-0.39, 0.29) is 12.1 Å². The van der Waals surface area contributed by atoms with Crippen molar-refractivity contribution in [1.29, 1.82) is 0 Å². The van der Waals surface area contributed by atoms with Crippen molar-refractivity contribution in [3.8, 4) is 0 Å². The molecule has 0 radical (unpaired) electrons. The summed E-state index contributed by atoms with van der Waals surface area (Å²) in [4.78, 5) is 15.0. The van der Waals surface area contributed by atoms with E-state index in [4.69, 9.17) is 16.3 Å². The van der Waals surface area contributed by atoms with Gasteiger partial charge in [-0.1, -0.05) is 29.8 Å². The fourth-order valence-corrected chi connectivity index (χ4v) is 4.29. The molecule has 3 rings (SSSR count). The van der Waals surface area contributed by atoms with Crippen LogP contribution in [0.15, 0.2) is 24.3 Å². The van der Waals surface area contributed by atoms with Crippen molar-refractivity contribution in [3.63, 3.8) is 0 Å². The third kappa shape index (κ3) is 4.02. The molecule has 6 heteroatoms.